The summed E-state index contributed by atoms with van der Waals surface area (Å²) in [6.45, 7) is 3.68. The van der Waals surface area contributed by atoms with Crippen LogP contribution in [0.1, 0.15) is 19.4 Å². The van der Waals surface area contributed by atoms with Gasteiger partial charge in [-0.3, -0.25) is 0 Å². The molecule has 1 heterocycles. The van der Waals surface area contributed by atoms with E-state index in [0.717, 1.165) is 0 Å². The normalized spacial score (nSPS) is 18.9. The number of alkyl halides is 3. The smallest absolute Gasteiger partial charge is 0.475 e. The van der Waals surface area contributed by atoms with Gasteiger partial charge in [-0.05, 0) is 38.1 Å². The van der Waals surface area contributed by atoms with Crippen LogP contribution in [0.25, 0.3) is 6.08 Å². The van der Waals surface area contributed by atoms with Crippen LogP contribution >= 0.6 is 0 Å². The Morgan fingerprint density at radius 2 is 1.94 bits per heavy atom. The molecule has 0 aliphatic carbocycles. The summed E-state index contributed by atoms with van der Waals surface area (Å²) in [5.41, 5.74) is -4.73. The highest BCUT2D eigenvalue weighted by atomic mass is 32.2. The molecule has 6 heteroatoms. The van der Waals surface area contributed by atoms with Gasteiger partial charge in [-0.2, -0.15) is 13.2 Å². The Hall–Kier alpha value is -1.30. The fourth-order valence-corrected chi connectivity index (χ4v) is 2.30. The lowest BCUT2D eigenvalue weighted by Crippen LogP contribution is -2.27. The Morgan fingerprint density at radius 3 is 2.56 bits per heavy atom. The molecule has 0 bridgehead atoms. The molecule has 1 aromatic carbocycles. The Kier molecular flexibility index (Phi) is 3.01. The minimum Gasteiger partial charge on any atom is -0.483 e. The minimum atomic E-state index is -4.74. The molecule has 0 spiro atoms. The lowest BCUT2D eigenvalue weighted by molar-refractivity contribution is -0.0384. The van der Waals surface area contributed by atoms with Crippen molar-refractivity contribution in [2.24, 2.45) is 0 Å². The highest BCUT2D eigenvalue weighted by Gasteiger charge is 2.38. The third-order valence-corrected chi connectivity index (χ3v) is 3.55. The van der Waals surface area contributed by atoms with Crippen molar-refractivity contribution in [3.8, 4) is 5.75 Å². The van der Waals surface area contributed by atoms with E-state index in [-0.39, 0.29) is 4.90 Å². The molecule has 2 rings (SSSR count). The zero-order valence-electron chi connectivity index (χ0n) is 9.75. The number of rotatable bonds is 1. The maximum atomic E-state index is 12.3. The Balaban J connectivity index is 2.38. The van der Waals surface area contributed by atoms with Gasteiger partial charge in [0.1, 0.15) is 11.4 Å². The van der Waals surface area contributed by atoms with Crippen LogP contribution in [-0.2, 0) is 10.8 Å². The van der Waals surface area contributed by atoms with Crippen molar-refractivity contribution in [2.75, 3.05) is 0 Å². The van der Waals surface area contributed by atoms with Gasteiger partial charge < -0.3 is 4.74 Å². The molecular formula is C12H11F3O2S. The lowest BCUT2D eigenvalue weighted by Gasteiger charge is -2.28. The van der Waals surface area contributed by atoms with Crippen molar-refractivity contribution in [3.63, 3.8) is 0 Å². The van der Waals surface area contributed by atoms with Crippen LogP contribution in [0.2, 0.25) is 0 Å². The third kappa shape index (κ3) is 2.58. The van der Waals surface area contributed by atoms with E-state index in [1.807, 2.05) is 13.8 Å². The van der Waals surface area contributed by atoms with Crippen LogP contribution in [0.3, 0.4) is 0 Å². The number of hydrogen-bond donors (Lipinski definition) is 0. The molecule has 0 N–H and O–H groups in total. The molecule has 1 atom stereocenters. The summed E-state index contributed by atoms with van der Waals surface area (Å²) in [5.74, 6) is 0.491. The fourth-order valence-electron chi connectivity index (χ4n) is 1.61. The molecule has 1 aliphatic rings. The van der Waals surface area contributed by atoms with Gasteiger partial charge in [0.25, 0.3) is 0 Å². The second-order valence-corrected chi connectivity index (χ2v) is 5.92. The number of halogens is 3. The van der Waals surface area contributed by atoms with Crippen molar-refractivity contribution in [1.29, 1.82) is 0 Å². The molecule has 18 heavy (non-hydrogen) atoms. The molecule has 0 aromatic heterocycles. The van der Waals surface area contributed by atoms with Crippen LogP contribution in [0, 0.1) is 0 Å². The molecule has 0 radical (unpaired) electrons. The highest BCUT2D eigenvalue weighted by Crippen LogP contribution is 2.34. The van der Waals surface area contributed by atoms with Crippen LogP contribution in [0.4, 0.5) is 13.2 Å². The predicted molar refractivity (Wildman–Crippen MR) is 62.6 cm³/mol. The topological polar surface area (TPSA) is 26.3 Å². The van der Waals surface area contributed by atoms with Gasteiger partial charge in [0.15, 0.2) is 10.8 Å². The van der Waals surface area contributed by atoms with E-state index >= 15 is 0 Å². The van der Waals surface area contributed by atoms with Gasteiger partial charge in [0.2, 0.25) is 0 Å². The average molecular weight is 276 g/mol. The summed E-state index contributed by atoms with van der Waals surface area (Å²) in [6, 6.07) is 3.84. The second-order valence-electron chi connectivity index (χ2n) is 4.45. The third-order valence-electron chi connectivity index (χ3n) is 2.44. The largest absolute Gasteiger partial charge is 0.483 e. The first-order chi connectivity index (χ1) is 8.19. The van der Waals surface area contributed by atoms with Crippen molar-refractivity contribution >= 4 is 16.9 Å². The molecule has 1 aliphatic heterocycles. The molecular weight excluding hydrogens is 265 g/mol. The van der Waals surface area contributed by atoms with Gasteiger partial charge in [0.05, 0.1) is 0 Å². The Labute approximate surface area is 105 Å². The standard InChI is InChI=1S/C12H11F3O2S/c1-11(2)6-5-8-7-9(3-4-10(8)17-11)18(16)12(13,14)15/h3-7H,1-2H3. The summed E-state index contributed by atoms with van der Waals surface area (Å²) in [4.78, 5) is -0.269. The molecule has 1 unspecified atom stereocenters. The summed E-state index contributed by atoms with van der Waals surface area (Å²) < 4.78 is 53.8. The van der Waals surface area contributed by atoms with Crippen molar-refractivity contribution in [1.82, 2.24) is 0 Å². The quantitative estimate of drug-likeness (QED) is 0.784. The van der Waals surface area contributed by atoms with E-state index in [4.69, 9.17) is 4.74 Å². The Bertz CT molecular complexity index is 533. The zero-order valence-corrected chi connectivity index (χ0v) is 10.6. The van der Waals surface area contributed by atoms with Crippen molar-refractivity contribution in [3.05, 3.63) is 29.8 Å². The minimum absolute atomic E-state index is 0.269. The van der Waals surface area contributed by atoms with E-state index in [1.54, 1.807) is 12.2 Å². The van der Waals surface area contributed by atoms with Crippen LogP contribution < -0.4 is 4.74 Å². The van der Waals surface area contributed by atoms with E-state index in [9.17, 15) is 17.4 Å². The van der Waals surface area contributed by atoms with E-state index in [1.165, 1.54) is 18.2 Å². The second kappa shape index (κ2) is 4.12. The van der Waals surface area contributed by atoms with E-state index in [0.29, 0.717) is 11.3 Å². The van der Waals surface area contributed by atoms with Crippen LogP contribution in [-0.4, -0.2) is 15.3 Å². The monoisotopic (exact) mass is 276 g/mol. The highest BCUT2D eigenvalue weighted by molar-refractivity contribution is 7.86. The summed E-state index contributed by atoms with van der Waals surface area (Å²) in [5, 5.41) is 0. The van der Waals surface area contributed by atoms with Gasteiger partial charge >= 0.3 is 5.51 Å². The first kappa shape index (κ1) is 13.1. The lowest BCUT2D eigenvalue weighted by atomic mass is 10.0. The summed E-state index contributed by atoms with van der Waals surface area (Å²) in [7, 11) is -3.01. The SMILES string of the molecule is CC1(C)C=Cc2cc(S(=O)C(F)(F)F)ccc2O1. The molecule has 0 saturated heterocycles. The number of hydrogen-bond acceptors (Lipinski definition) is 2. The number of fused-ring (bicyclic) bond motifs is 1. The molecule has 0 amide bonds. The van der Waals surface area contributed by atoms with Crippen LogP contribution in [0.5, 0.6) is 5.75 Å². The molecule has 98 valence electrons. The maximum absolute atomic E-state index is 12.3. The first-order valence-corrected chi connectivity index (χ1v) is 6.35. The van der Waals surface area contributed by atoms with Crippen LogP contribution in [0.15, 0.2) is 29.2 Å². The maximum Gasteiger partial charge on any atom is 0.475 e. The number of ether oxygens (including phenoxy) is 1. The molecule has 0 fully saturated rings. The van der Waals surface area contributed by atoms with Gasteiger partial charge in [-0.1, -0.05) is 6.08 Å². The molecule has 0 saturated carbocycles. The number of benzene rings is 1. The van der Waals surface area contributed by atoms with Crippen molar-refractivity contribution in [2.45, 2.75) is 29.9 Å². The van der Waals surface area contributed by atoms with E-state index in [2.05, 4.69) is 0 Å². The van der Waals surface area contributed by atoms with E-state index < -0.39 is 21.9 Å². The average Bonchev–Trinajstić information content (AvgIpc) is 2.25. The summed E-state index contributed by atoms with van der Waals surface area (Å²) >= 11 is 0. The fraction of sp³-hybridized carbons (Fsp3) is 0.333. The zero-order chi connectivity index (χ0) is 13.6. The Morgan fingerprint density at radius 1 is 1.28 bits per heavy atom. The molecule has 1 aromatic rings. The van der Waals surface area contributed by atoms with Gasteiger partial charge in [-0.15, -0.1) is 0 Å². The molecule has 2 nitrogen and oxygen atoms in total. The predicted octanol–water partition coefficient (Wildman–Crippen LogP) is 3.50. The first-order valence-electron chi connectivity index (χ1n) is 5.20. The van der Waals surface area contributed by atoms with Gasteiger partial charge in [-0.25, -0.2) is 4.21 Å². The van der Waals surface area contributed by atoms with Crippen molar-refractivity contribution < 1.29 is 22.1 Å². The van der Waals surface area contributed by atoms with Gasteiger partial charge in [0, 0.05) is 10.5 Å². The summed E-state index contributed by atoms with van der Waals surface area (Å²) in [6.07, 6.45) is 3.42.